The molecule has 8 nitrogen and oxygen atoms in total. The molecule has 40 heavy (non-hydrogen) atoms. The van der Waals surface area contributed by atoms with Crippen LogP contribution in [0.1, 0.15) is 105 Å². The molecule has 0 saturated heterocycles. The average molecular weight is 588 g/mol. The van der Waals surface area contributed by atoms with Gasteiger partial charge in [-0.05, 0) is 94.4 Å². The first-order valence-electron chi connectivity index (χ1n) is 14.6. The van der Waals surface area contributed by atoms with Crippen LogP contribution in [0.5, 0.6) is 0 Å². The van der Waals surface area contributed by atoms with E-state index in [1.165, 1.54) is 30.6 Å². The number of carboxylic acids is 1. The summed E-state index contributed by atoms with van der Waals surface area (Å²) in [6.07, 6.45) is 11.1. The smallest absolute Gasteiger partial charge is 0.306 e. The number of hydrogen-bond acceptors (Lipinski definition) is 6. The molecule has 218 valence electrons. The number of carbonyl (C=O) groups excluding carboxylic acids is 1. The Kier molecular flexibility index (Phi) is 8.42. The van der Waals surface area contributed by atoms with E-state index in [4.69, 9.17) is 4.98 Å². The number of aliphatic carboxylic acids is 1. The van der Waals surface area contributed by atoms with Gasteiger partial charge in [0.25, 0.3) is 5.91 Å². The third-order valence-corrected chi connectivity index (χ3v) is 11.4. The summed E-state index contributed by atoms with van der Waals surface area (Å²) in [5, 5.41) is 12.6. The number of sulfonamides is 1. The number of amides is 1. The molecule has 1 aromatic heterocycles. The van der Waals surface area contributed by atoms with E-state index in [1.54, 1.807) is 6.07 Å². The first kappa shape index (κ1) is 29.2. The zero-order valence-electron chi connectivity index (χ0n) is 23.7. The molecule has 0 aliphatic heterocycles. The summed E-state index contributed by atoms with van der Waals surface area (Å²) in [7, 11) is -3.69. The van der Waals surface area contributed by atoms with E-state index in [-0.39, 0.29) is 11.9 Å². The van der Waals surface area contributed by atoms with Crippen molar-refractivity contribution in [2.24, 2.45) is 11.8 Å². The van der Waals surface area contributed by atoms with E-state index in [0.29, 0.717) is 35.1 Å². The molecule has 0 spiro atoms. The predicted molar refractivity (Wildman–Crippen MR) is 156 cm³/mol. The highest BCUT2D eigenvalue weighted by Crippen LogP contribution is 2.41. The van der Waals surface area contributed by atoms with Crippen molar-refractivity contribution in [1.82, 2.24) is 15.0 Å². The topological polar surface area (TPSA) is 125 Å². The molecule has 3 N–H and O–H groups in total. The number of nitrogens with zero attached hydrogens (tertiary/aromatic N) is 1. The molecule has 1 heterocycles. The maximum absolute atomic E-state index is 13.4. The van der Waals surface area contributed by atoms with Gasteiger partial charge in [-0.15, -0.1) is 11.3 Å². The van der Waals surface area contributed by atoms with Crippen molar-refractivity contribution in [3.8, 4) is 10.4 Å². The monoisotopic (exact) mass is 587 g/mol. The van der Waals surface area contributed by atoms with Crippen LogP contribution in [0.25, 0.3) is 10.4 Å². The normalized spacial score (nSPS) is 21.9. The Morgan fingerprint density at radius 1 is 1.02 bits per heavy atom. The summed E-state index contributed by atoms with van der Waals surface area (Å²) in [5.41, 5.74) is 3.29. The Morgan fingerprint density at radius 2 is 1.70 bits per heavy atom. The fourth-order valence-electron chi connectivity index (χ4n) is 6.40. The van der Waals surface area contributed by atoms with Gasteiger partial charge in [-0.3, -0.25) is 9.59 Å². The van der Waals surface area contributed by atoms with Crippen LogP contribution >= 0.6 is 11.3 Å². The molecule has 5 rings (SSSR count). The zero-order chi connectivity index (χ0) is 28.7. The number of nitrogens with one attached hydrogen (secondary N) is 2. The van der Waals surface area contributed by atoms with E-state index in [0.717, 1.165) is 65.8 Å². The molecule has 10 heteroatoms. The fraction of sp³-hybridized carbons (Fsp3) is 0.633. The molecule has 3 aliphatic carbocycles. The fourth-order valence-corrected chi connectivity index (χ4v) is 9.17. The Balaban J connectivity index is 1.51. The number of thiazole rings is 1. The summed E-state index contributed by atoms with van der Waals surface area (Å²) in [6, 6.07) is 3.51. The molecule has 2 saturated carbocycles. The first-order chi connectivity index (χ1) is 18.9. The van der Waals surface area contributed by atoms with Crippen molar-refractivity contribution in [3.63, 3.8) is 0 Å². The van der Waals surface area contributed by atoms with E-state index in [1.807, 2.05) is 26.8 Å². The highest BCUT2D eigenvalue weighted by atomic mass is 32.2. The number of hydrogen-bond donors (Lipinski definition) is 3. The lowest BCUT2D eigenvalue weighted by Gasteiger charge is -2.32. The van der Waals surface area contributed by atoms with Crippen LogP contribution < -0.4 is 10.0 Å². The SMILES string of the molecule is CC(C)(C)NS(=O)(=O)c1ccc(-c2sc(C(=O)NC3CC(C(=O)O)C3)nc2CC2CCCCC2)c2c1CCCC2. The summed E-state index contributed by atoms with van der Waals surface area (Å²) in [5.74, 6) is -0.935. The van der Waals surface area contributed by atoms with Gasteiger partial charge < -0.3 is 10.4 Å². The van der Waals surface area contributed by atoms with Crippen LogP contribution in [-0.2, 0) is 34.1 Å². The van der Waals surface area contributed by atoms with Gasteiger partial charge in [-0.2, -0.15) is 0 Å². The molecule has 1 aromatic carbocycles. The predicted octanol–water partition coefficient (Wildman–Crippen LogP) is 5.48. The summed E-state index contributed by atoms with van der Waals surface area (Å²) in [6.45, 7) is 5.54. The van der Waals surface area contributed by atoms with Gasteiger partial charge >= 0.3 is 5.97 Å². The van der Waals surface area contributed by atoms with Gasteiger partial charge in [-0.25, -0.2) is 18.1 Å². The zero-order valence-corrected chi connectivity index (χ0v) is 25.3. The highest BCUT2D eigenvalue weighted by Gasteiger charge is 2.36. The van der Waals surface area contributed by atoms with Crippen LogP contribution in [0, 0.1) is 11.8 Å². The lowest BCUT2D eigenvalue weighted by atomic mass is 9.80. The minimum absolute atomic E-state index is 0.143. The number of carboxylic acid groups (broad SMARTS) is 1. The van der Waals surface area contributed by atoms with E-state index in [2.05, 4.69) is 10.0 Å². The Hall–Kier alpha value is -2.30. The molecule has 0 bridgehead atoms. The molecule has 0 radical (unpaired) electrons. The van der Waals surface area contributed by atoms with Gasteiger partial charge in [0.1, 0.15) is 0 Å². The summed E-state index contributed by atoms with van der Waals surface area (Å²) < 4.78 is 29.6. The van der Waals surface area contributed by atoms with Gasteiger partial charge in [0.05, 0.1) is 21.4 Å². The lowest BCUT2D eigenvalue weighted by Crippen LogP contribution is -2.46. The second-order valence-electron chi connectivity index (χ2n) is 12.8. The van der Waals surface area contributed by atoms with E-state index >= 15 is 0 Å². The third kappa shape index (κ3) is 6.44. The second kappa shape index (κ2) is 11.5. The van der Waals surface area contributed by atoms with Crippen LogP contribution in [-0.4, -0.2) is 42.0 Å². The number of carbonyl (C=O) groups is 2. The number of rotatable bonds is 8. The highest BCUT2D eigenvalue weighted by molar-refractivity contribution is 7.89. The molecule has 2 fully saturated rings. The first-order valence-corrected chi connectivity index (χ1v) is 16.9. The van der Waals surface area contributed by atoms with Crippen LogP contribution in [0.2, 0.25) is 0 Å². The van der Waals surface area contributed by atoms with Crippen LogP contribution in [0.4, 0.5) is 0 Å². The van der Waals surface area contributed by atoms with Crippen molar-refractivity contribution in [2.75, 3.05) is 0 Å². The molecular formula is C30H41N3O5S2. The number of fused-ring (bicyclic) bond motifs is 1. The van der Waals surface area contributed by atoms with Gasteiger partial charge in [0, 0.05) is 11.6 Å². The van der Waals surface area contributed by atoms with Crippen LogP contribution in [0.3, 0.4) is 0 Å². The Labute approximate surface area is 241 Å². The number of aromatic nitrogens is 1. The molecule has 0 atom stereocenters. The largest absolute Gasteiger partial charge is 0.481 e. The average Bonchev–Trinajstić information content (AvgIpc) is 3.27. The molecule has 3 aliphatic rings. The van der Waals surface area contributed by atoms with Crippen molar-refractivity contribution >= 4 is 33.2 Å². The molecular weight excluding hydrogens is 546 g/mol. The van der Waals surface area contributed by atoms with E-state index in [9.17, 15) is 23.1 Å². The molecule has 2 aromatic rings. The lowest BCUT2D eigenvalue weighted by molar-refractivity contribution is -0.145. The van der Waals surface area contributed by atoms with Gasteiger partial charge in [-0.1, -0.05) is 38.2 Å². The van der Waals surface area contributed by atoms with Crippen LogP contribution in [0.15, 0.2) is 17.0 Å². The standard InChI is InChI=1S/C30H41N3O5S2/c1-30(2,3)33-40(37,38)25-14-13-23(21-11-7-8-12-22(21)25)26-24(15-18-9-5-4-6-10-18)32-28(39-26)27(34)31-20-16-19(17-20)29(35)36/h13-14,18-20,33H,4-12,15-17H2,1-3H3,(H,31,34)(H,35,36). The minimum atomic E-state index is -3.69. The van der Waals surface area contributed by atoms with Crippen molar-refractivity contribution in [3.05, 3.63) is 34.0 Å². The third-order valence-electron chi connectivity index (χ3n) is 8.39. The Bertz CT molecular complexity index is 1380. The summed E-state index contributed by atoms with van der Waals surface area (Å²) >= 11 is 1.38. The number of benzene rings is 1. The second-order valence-corrected chi connectivity index (χ2v) is 15.5. The van der Waals surface area contributed by atoms with Crippen molar-refractivity contribution in [2.45, 2.75) is 114 Å². The maximum atomic E-state index is 13.4. The van der Waals surface area contributed by atoms with Crippen molar-refractivity contribution in [1.29, 1.82) is 0 Å². The minimum Gasteiger partial charge on any atom is -0.481 e. The Morgan fingerprint density at radius 3 is 2.35 bits per heavy atom. The quantitative estimate of drug-likeness (QED) is 0.376. The molecule has 0 unspecified atom stereocenters. The van der Waals surface area contributed by atoms with Crippen molar-refractivity contribution < 1.29 is 23.1 Å². The molecule has 1 amide bonds. The van der Waals surface area contributed by atoms with Gasteiger partial charge in [0.15, 0.2) is 5.01 Å². The van der Waals surface area contributed by atoms with E-state index < -0.39 is 27.4 Å². The maximum Gasteiger partial charge on any atom is 0.306 e. The summed E-state index contributed by atoms with van der Waals surface area (Å²) in [4.78, 5) is 30.6. The van der Waals surface area contributed by atoms with Gasteiger partial charge in [0.2, 0.25) is 10.0 Å².